The first-order chi connectivity index (χ1) is 11.0. The molecule has 0 spiro atoms. The molecule has 1 aliphatic carbocycles. The van der Waals surface area contributed by atoms with Gasteiger partial charge in [-0.25, -0.2) is 9.36 Å². The predicted molar refractivity (Wildman–Crippen MR) is 77.7 cm³/mol. The SMILES string of the molecule is FC(F)(F)c1cc(C2CC2)n(-c2ccc(-n3cccn3)cc2)n1. The Labute approximate surface area is 130 Å². The molecule has 0 saturated heterocycles. The van der Waals surface area contributed by atoms with E-state index in [2.05, 4.69) is 10.2 Å². The van der Waals surface area contributed by atoms with Gasteiger partial charge in [0, 0.05) is 24.0 Å². The van der Waals surface area contributed by atoms with Crippen LogP contribution in [0.5, 0.6) is 0 Å². The van der Waals surface area contributed by atoms with E-state index in [0.717, 1.165) is 18.5 Å². The van der Waals surface area contributed by atoms with Gasteiger partial charge in [-0.2, -0.15) is 23.4 Å². The summed E-state index contributed by atoms with van der Waals surface area (Å²) in [4.78, 5) is 0. The molecule has 0 unspecified atom stereocenters. The third-order valence-corrected chi connectivity index (χ3v) is 3.89. The van der Waals surface area contributed by atoms with Crippen LogP contribution >= 0.6 is 0 Å². The predicted octanol–water partition coefficient (Wildman–Crippen LogP) is 3.95. The van der Waals surface area contributed by atoms with E-state index in [-0.39, 0.29) is 5.92 Å². The van der Waals surface area contributed by atoms with Gasteiger partial charge in [-0.15, -0.1) is 0 Å². The maximum atomic E-state index is 12.9. The summed E-state index contributed by atoms with van der Waals surface area (Å²) in [5.41, 5.74) is 1.26. The second kappa shape index (κ2) is 4.97. The summed E-state index contributed by atoms with van der Waals surface area (Å²) >= 11 is 0. The molecule has 0 radical (unpaired) electrons. The summed E-state index contributed by atoms with van der Waals surface area (Å²) in [6, 6.07) is 10.1. The minimum absolute atomic E-state index is 0.171. The number of hydrogen-bond acceptors (Lipinski definition) is 2. The number of aromatic nitrogens is 4. The second-order valence-electron chi connectivity index (χ2n) is 5.61. The Morgan fingerprint density at radius 2 is 1.74 bits per heavy atom. The summed E-state index contributed by atoms with van der Waals surface area (Å²) < 4.78 is 41.9. The van der Waals surface area contributed by atoms with Gasteiger partial charge in [-0.05, 0) is 49.2 Å². The molecule has 0 amide bonds. The normalized spacial score (nSPS) is 15.1. The first-order valence-corrected chi connectivity index (χ1v) is 7.30. The molecular formula is C16H13F3N4. The summed E-state index contributed by atoms with van der Waals surface area (Å²) in [6.07, 6.45) is 0.870. The minimum atomic E-state index is -4.43. The number of nitrogens with zero attached hydrogens (tertiary/aromatic N) is 4. The molecule has 118 valence electrons. The highest BCUT2D eigenvalue weighted by atomic mass is 19.4. The lowest BCUT2D eigenvalue weighted by atomic mass is 10.2. The Kier molecular flexibility index (Phi) is 3.04. The van der Waals surface area contributed by atoms with E-state index in [1.54, 1.807) is 29.2 Å². The molecule has 0 aliphatic heterocycles. The van der Waals surface area contributed by atoms with E-state index in [1.807, 2.05) is 18.2 Å². The van der Waals surface area contributed by atoms with Crippen molar-refractivity contribution in [2.75, 3.05) is 0 Å². The molecule has 4 rings (SSSR count). The van der Waals surface area contributed by atoms with Crippen LogP contribution in [0, 0.1) is 0 Å². The van der Waals surface area contributed by atoms with E-state index in [0.29, 0.717) is 11.4 Å². The number of benzene rings is 1. The number of halogens is 3. The lowest BCUT2D eigenvalue weighted by molar-refractivity contribution is -0.141. The molecule has 3 aromatic rings. The van der Waals surface area contributed by atoms with Crippen molar-refractivity contribution in [2.45, 2.75) is 24.9 Å². The third kappa shape index (κ3) is 2.62. The van der Waals surface area contributed by atoms with Crippen molar-refractivity contribution in [3.8, 4) is 11.4 Å². The van der Waals surface area contributed by atoms with Crippen molar-refractivity contribution in [1.82, 2.24) is 19.6 Å². The Hall–Kier alpha value is -2.57. The van der Waals surface area contributed by atoms with Gasteiger partial charge in [0.05, 0.1) is 11.4 Å². The smallest absolute Gasteiger partial charge is 0.241 e. The van der Waals surface area contributed by atoms with Crippen LogP contribution in [0.3, 0.4) is 0 Å². The standard InChI is InChI=1S/C16H13F3N4/c17-16(18,19)15-10-14(11-2-3-11)23(21-15)13-6-4-12(5-7-13)22-9-1-8-20-22/h1,4-11H,2-3H2. The first-order valence-electron chi connectivity index (χ1n) is 7.30. The van der Waals surface area contributed by atoms with Crippen molar-refractivity contribution >= 4 is 0 Å². The average Bonchev–Trinajstić information content (AvgIpc) is 3.04. The lowest BCUT2D eigenvalue weighted by Gasteiger charge is -2.08. The molecular weight excluding hydrogens is 305 g/mol. The molecule has 1 saturated carbocycles. The summed E-state index contributed by atoms with van der Waals surface area (Å²) in [5, 5.41) is 7.90. The van der Waals surface area contributed by atoms with Gasteiger partial charge in [0.1, 0.15) is 0 Å². The monoisotopic (exact) mass is 318 g/mol. The van der Waals surface area contributed by atoms with Crippen LogP contribution in [0.2, 0.25) is 0 Å². The quantitative estimate of drug-likeness (QED) is 0.733. The molecule has 0 atom stereocenters. The zero-order chi connectivity index (χ0) is 16.0. The average molecular weight is 318 g/mol. The van der Waals surface area contributed by atoms with Gasteiger partial charge >= 0.3 is 6.18 Å². The van der Waals surface area contributed by atoms with Gasteiger partial charge < -0.3 is 0 Å². The minimum Gasteiger partial charge on any atom is -0.241 e. The molecule has 0 N–H and O–H groups in total. The Morgan fingerprint density at radius 1 is 1.04 bits per heavy atom. The van der Waals surface area contributed by atoms with Crippen LogP contribution < -0.4 is 0 Å². The number of alkyl halides is 3. The van der Waals surface area contributed by atoms with Gasteiger partial charge in [-0.3, -0.25) is 0 Å². The summed E-state index contributed by atoms with van der Waals surface area (Å²) in [6.45, 7) is 0. The van der Waals surface area contributed by atoms with Crippen LogP contribution in [0.25, 0.3) is 11.4 Å². The van der Waals surface area contributed by atoms with Gasteiger partial charge in [0.15, 0.2) is 5.69 Å². The van der Waals surface area contributed by atoms with Crippen LogP contribution in [0.4, 0.5) is 13.2 Å². The highest BCUT2D eigenvalue weighted by Gasteiger charge is 2.38. The molecule has 1 aliphatic rings. The zero-order valence-corrected chi connectivity index (χ0v) is 12.0. The largest absolute Gasteiger partial charge is 0.435 e. The van der Waals surface area contributed by atoms with Gasteiger partial charge in [0.2, 0.25) is 0 Å². The van der Waals surface area contributed by atoms with Crippen LogP contribution in [-0.4, -0.2) is 19.6 Å². The second-order valence-corrected chi connectivity index (χ2v) is 5.61. The molecule has 2 aromatic heterocycles. The van der Waals surface area contributed by atoms with Crippen LogP contribution in [-0.2, 0) is 6.18 Å². The van der Waals surface area contributed by atoms with E-state index < -0.39 is 11.9 Å². The van der Waals surface area contributed by atoms with Crippen molar-refractivity contribution in [1.29, 1.82) is 0 Å². The maximum Gasteiger partial charge on any atom is 0.435 e. The lowest BCUT2D eigenvalue weighted by Crippen LogP contribution is -2.07. The zero-order valence-electron chi connectivity index (χ0n) is 12.0. The molecule has 2 heterocycles. The molecule has 4 nitrogen and oxygen atoms in total. The molecule has 23 heavy (non-hydrogen) atoms. The third-order valence-electron chi connectivity index (χ3n) is 3.89. The highest BCUT2D eigenvalue weighted by Crippen LogP contribution is 2.42. The molecule has 1 aromatic carbocycles. The van der Waals surface area contributed by atoms with Gasteiger partial charge in [0.25, 0.3) is 0 Å². The van der Waals surface area contributed by atoms with Crippen molar-refractivity contribution in [3.05, 3.63) is 60.2 Å². The Morgan fingerprint density at radius 3 is 2.30 bits per heavy atom. The van der Waals surface area contributed by atoms with E-state index >= 15 is 0 Å². The highest BCUT2D eigenvalue weighted by molar-refractivity contribution is 5.42. The fourth-order valence-corrected chi connectivity index (χ4v) is 2.58. The molecule has 0 bridgehead atoms. The van der Waals surface area contributed by atoms with Crippen molar-refractivity contribution in [3.63, 3.8) is 0 Å². The van der Waals surface area contributed by atoms with Crippen LogP contribution in [0.15, 0.2) is 48.8 Å². The number of hydrogen-bond donors (Lipinski definition) is 0. The Balaban J connectivity index is 1.73. The van der Waals surface area contributed by atoms with Crippen molar-refractivity contribution in [2.24, 2.45) is 0 Å². The fourth-order valence-electron chi connectivity index (χ4n) is 2.58. The first kappa shape index (κ1) is 14.0. The molecule has 1 fully saturated rings. The topological polar surface area (TPSA) is 35.6 Å². The molecule has 7 heteroatoms. The van der Waals surface area contributed by atoms with Crippen LogP contribution in [0.1, 0.15) is 30.1 Å². The summed E-state index contributed by atoms with van der Waals surface area (Å²) in [5.74, 6) is 0.171. The number of rotatable bonds is 3. The van der Waals surface area contributed by atoms with E-state index in [1.165, 1.54) is 10.7 Å². The van der Waals surface area contributed by atoms with E-state index in [9.17, 15) is 13.2 Å². The maximum absolute atomic E-state index is 12.9. The van der Waals surface area contributed by atoms with Gasteiger partial charge in [-0.1, -0.05) is 0 Å². The van der Waals surface area contributed by atoms with Crippen molar-refractivity contribution < 1.29 is 13.2 Å². The summed E-state index contributed by atoms with van der Waals surface area (Å²) in [7, 11) is 0. The van der Waals surface area contributed by atoms with E-state index in [4.69, 9.17) is 0 Å². The Bertz CT molecular complexity index is 812. The fraction of sp³-hybridized carbons (Fsp3) is 0.250.